The Labute approximate surface area is 184 Å². The van der Waals surface area contributed by atoms with Gasteiger partial charge in [0.15, 0.2) is 0 Å². The molecule has 1 fully saturated rings. The molecule has 0 bridgehead atoms. The van der Waals surface area contributed by atoms with Crippen LogP contribution in [0.4, 0.5) is 0 Å². The van der Waals surface area contributed by atoms with Crippen LogP contribution < -0.4 is 4.74 Å². The van der Waals surface area contributed by atoms with Crippen LogP contribution >= 0.6 is 0 Å². The number of benzene rings is 2. The highest BCUT2D eigenvalue weighted by Gasteiger charge is 2.21. The lowest BCUT2D eigenvalue weighted by Crippen LogP contribution is -2.48. The van der Waals surface area contributed by atoms with E-state index in [4.69, 9.17) is 4.74 Å². The van der Waals surface area contributed by atoms with Crippen molar-refractivity contribution in [2.75, 3.05) is 26.2 Å². The molecule has 0 spiro atoms. The number of ether oxygens (including phenoxy) is 1. The van der Waals surface area contributed by atoms with Gasteiger partial charge in [0.2, 0.25) is 5.91 Å². The van der Waals surface area contributed by atoms with Gasteiger partial charge < -0.3 is 9.64 Å². The van der Waals surface area contributed by atoms with Gasteiger partial charge >= 0.3 is 0 Å². The van der Waals surface area contributed by atoms with Gasteiger partial charge in [0, 0.05) is 45.1 Å². The second-order valence-corrected chi connectivity index (χ2v) is 8.12. The maximum absolute atomic E-state index is 12.6. The predicted octanol–water partition coefficient (Wildman–Crippen LogP) is 3.86. The van der Waals surface area contributed by atoms with Crippen LogP contribution in [0.1, 0.15) is 22.3 Å². The van der Waals surface area contributed by atoms with Crippen LogP contribution in [0.3, 0.4) is 0 Å². The van der Waals surface area contributed by atoms with Gasteiger partial charge in [0.25, 0.3) is 0 Å². The summed E-state index contributed by atoms with van der Waals surface area (Å²) in [6, 6.07) is 20.5. The van der Waals surface area contributed by atoms with Crippen LogP contribution in [0.15, 0.2) is 73.1 Å². The smallest absolute Gasteiger partial charge is 0.227 e. The Bertz CT molecular complexity index is 998. The minimum atomic E-state index is 0.180. The number of aromatic nitrogens is 1. The highest BCUT2D eigenvalue weighted by molar-refractivity contribution is 5.78. The van der Waals surface area contributed by atoms with E-state index < -0.39 is 0 Å². The van der Waals surface area contributed by atoms with E-state index in [1.54, 1.807) is 12.4 Å². The van der Waals surface area contributed by atoms with E-state index in [9.17, 15) is 4.79 Å². The van der Waals surface area contributed by atoms with E-state index in [1.807, 2.05) is 23.1 Å². The number of rotatable bonds is 7. The first-order valence-electron chi connectivity index (χ1n) is 10.8. The van der Waals surface area contributed by atoms with Crippen molar-refractivity contribution in [1.82, 2.24) is 14.8 Å². The molecule has 160 valence electrons. The van der Waals surface area contributed by atoms with Gasteiger partial charge in [-0.3, -0.25) is 14.7 Å². The van der Waals surface area contributed by atoms with Gasteiger partial charge in [-0.25, -0.2) is 0 Å². The van der Waals surface area contributed by atoms with Gasteiger partial charge in [-0.1, -0.05) is 48.0 Å². The molecule has 0 aliphatic carbocycles. The predicted molar refractivity (Wildman–Crippen MR) is 122 cm³/mol. The molecule has 5 heteroatoms. The number of hydrogen-bond acceptors (Lipinski definition) is 4. The molecule has 1 saturated heterocycles. The summed E-state index contributed by atoms with van der Waals surface area (Å²) in [5, 5.41) is 0. The summed E-state index contributed by atoms with van der Waals surface area (Å²) in [6.07, 6.45) is 3.92. The topological polar surface area (TPSA) is 45.7 Å². The van der Waals surface area contributed by atoms with E-state index in [0.29, 0.717) is 13.0 Å². The molecule has 0 radical (unpaired) electrons. The van der Waals surface area contributed by atoms with Gasteiger partial charge in [-0.2, -0.15) is 0 Å². The number of nitrogens with zero attached hydrogens (tertiary/aromatic N) is 3. The number of pyridine rings is 1. The largest absolute Gasteiger partial charge is 0.489 e. The van der Waals surface area contributed by atoms with E-state index in [2.05, 4.69) is 59.3 Å². The fourth-order valence-electron chi connectivity index (χ4n) is 3.90. The molecular formula is C26H29N3O2. The number of piperazine rings is 1. The van der Waals surface area contributed by atoms with Gasteiger partial charge in [-0.15, -0.1) is 0 Å². The van der Waals surface area contributed by atoms with Crippen molar-refractivity contribution < 1.29 is 9.53 Å². The number of carbonyl (C=O) groups excluding carboxylic acids is 1. The lowest BCUT2D eigenvalue weighted by Gasteiger charge is -2.34. The van der Waals surface area contributed by atoms with Crippen LogP contribution in [0.5, 0.6) is 5.75 Å². The number of carbonyl (C=O) groups is 1. The van der Waals surface area contributed by atoms with Crippen molar-refractivity contribution in [3.63, 3.8) is 0 Å². The molecular weight excluding hydrogens is 386 g/mol. The maximum atomic E-state index is 12.6. The van der Waals surface area contributed by atoms with Gasteiger partial charge in [0.1, 0.15) is 12.4 Å². The van der Waals surface area contributed by atoms with Gasteiger partial charge in [-0.05, 0) is 41.8 Å². The third-order valence-electron chi connectivity index (χ3n) is 5.60. The Balaban J connectivity index is 1.25. The Kier molecular flexibility index (Phi) is 6.95. The maximum Gasteiger partial charge on any atom is 0.227 e. The van der Waals surface area contributed by atoms with Crippen molar-refractivity contribution in [2.24, 2.45) is 0 Å². The zero-order valence-electron chi connectivity index (χ0n) is 18.0. The molecule has 5 nitrogen and oxygen atoms in total. The molecule has 0 saturated carbocycles. The van der Waals surface area contributed by atoms with Crippen molar-refractivity contribution in [1.29, 1.82) is 0 Å². The van der Waals surface area contributed by atoms with E-state index in [-0.39, 0.29) is 5.91 Å². The lowest BCUT2D eigenvalue weighted by atomic mass is 10.1. The van der Waals surface area contributed by atoms with E-state index in [1.165, 1.54) is 16.7 Å². The summed E-state index contributed by atoms with van der Waals surface area (Å²) in [5.41, 5.74) is 4.62. The number of aryl methyl sites for hydroxylation is 1. The summed E-state index contributed by atoms with van der Waals surface area (Å²) < 4.78 is 6.01. The summed E-state index contributed by atoms with van der Waals surface area (Å²) >= 11 is 0. The Hall–Kier alpha value is -3.18. The Morgan fingerprint density at radius 1 is 0.935 bits per heavy atom. The van der Waals surface area contributed by atoms with E-state index >= 15 is 0 Å². The molecule has 31 heavy (non-hydrogen) atoms. The molecule has 0 N–H and O–H groups in total. The minimum Gasteiger partial charge on any atom is -0.489 e. The van der Waals surface area contributed by atoms with Crippen molar-refractivity contribution >= 4 is 5.91 Å². The monoisotopic (exact) mass is 415 g/mol. The van der Waals surface area contributed by atoms with Gasteiger partial charge in [0.05, 0.1) is 6.42 Å². The molecule has 2 heterocycles. The fraction of sp³-hybridized carbons (Fsp3) is 0.308. The molecule has 1 aromatic heterocycles. The second-order valence-electron chi connectivity index (χ2n) is 8.12. The molecule has 1 aliphatic heterocycles. The van der Waals surface area contributed by atoms with Crippen molar-refractivity contribution in [3.8, 4) is 5.75 Å². The summed E-state index contributed by atoms with van der Waals surface area (Å²) in [6.45, 7) is 6.83. The first kappa shape index (κ1) is 21.1. The van der Waals surface area contributed by atoms with E-state index in [0.717, 1.165) is 44.0 Å². The van der Waals surface area contributed by atoms with Crippen LogP contribution in [0.2, 0.25) is 0 Å². The average molecular weight is 416 g/mol. The van der Waals surface area contributed by atoms with Crippen LogP contribution in [0, 0.1) is 6.92 Å². The fourth-order valence-corrected chi connectivity index (χ4v) is 3.90. The Morgan fingerprint density at radius 3 is 2.48 bits per heavy atom. The standard InChI is InChI=1S/C26H29N3O2/c1-21-5-2-7-24(15-21)20-31-25-9-3-6-23(16-25)19-28-11-13-29(14-12-28)26(30)17-22-8-4-10-27-18-22/h2-10,15-16,18H,11-14,17,19-20H2,1H3. The van der Waals surface area contributed by atoms with Crippen LogP contribution in [-0.4, -0.2) is 46.9 Å². The first-order chi connectivity index (χ1) is 15.2. The molecule has 0 unspecified atom stereocenters. The highest BCUT2D eigenvalue weighted by atomic mass is 16.5. The second kappa shape index (κ2) is 10.2. The molecule has 2 aromatic carbocycles. The minimum absolute atomic E-state index is 0.180. The quantitative estimate of drug-likeness (QED) is 0.588. The van der Waals surface area contributed by atoms with Crippen LogP contribution in [0.25, 0.3) is 0 Å². The number of amides is 1. The number of hydrogen-bond donors (Lipinski definition) is 0. The summed E-state index contributed by atoms with van der Waals surface area (Å²) in [7, 11) is 0. The lowest BCUT2D eigenvalue weighted by molar-refractivity contribution is -0.132. The summed E-state index contributed by atoms with van der Waals surface area (Å²) in [5.74, 6) is 1.07. The zero-order valence-corrected chi connectivity index (χ0v) is 18.0. The normalized spacial score (nSPS) is 14.4. The third kappa shape index (κ3) is 6.15. The average Bonchev–Trinajstić information content (AvgIpc) is 2.79. The zero-order chi connectivity index (χ0) is 21.5. The summed E-state index contributed by atoms with van der Waals surface area (Å²) in [4.78, 5) is 21.0. The highest BCUT2D eigenvalue weighted by Crippen LogP contribution is 2.18. The first-order valence-corrected chi connectivity index (χ1v) is 10.8. The molecule has 1 amide bonds. The van der Waals surface area contributed by atoms with Crippen molar-refractivity contribution in [3.05, 3.63) is 95.3 Å². The Morgan fingerprint density at radius 2 is 1.71 bits per heavy atom. The van der Waals surface area contributed by atoms with Crippen LogP contribution in [-0.2, 0) is 24.4 Å². The molecule has 4 rings (SSSR count). The SMILES string of the molecule is Cc1cccc(COc2cccc(CN3CCN(C(=O)Cc4cccnc4)CC3)c2)c1. The third-order valence-corrected chi connectivity index (χ3v) is 5.60. The molecule has 0 atom stereocenters. The molecule has 3 aromatic rings. The molecule has 1 aliphatic rings. The van der Waals surface area contributed by atoms with Crippen molar-refractivity contribution in [2.45, 2.75) is 26.5 Å².